The highest BCUT2D eigenvalue weighted by molar-refractivity contribution is 4.71. The summed E-state index contributed by atoms with van der Waals surface area (Å²) in [6.45, 7) is 9.38. The van der Waals surface area contributed by atoms with Crippen molar-refractivity contribution in [1.82, 2.24) is 10.6 Å². The second-order valence-corrected chi connectivity index (χ2v) is 4.60. The SMILES string of the molecule is CC(C)CNCCCC1CCNC1. The molecule has 1 atom stereocenters. The quantitative estimate of drug-likeness (QED) is 0.613. The zero-order valence-corrected chi connectivity index (χ0v) is 9.10. The summed E-state index contributed by atoms with van der Waals surface area (Å²) in [5.74, 6) is 1.74. The van der Waals surface area contributed by atoms with Crippen molar-refractivity contribution in [2.75, 3.05) is 26.2 Å². The molecule has 13 heavy (non-hydrogen) atoms. The third-order valence-corrected chi connectivity index (χ3v) is 2.68. The van der Waals surface area contributed by atoms with E-state index in [1.54, 1.807) is 0 Å². The van der Waals surface area contributed by atoms with Gasteiger partial charge in [0.2, 0.25) is 0 Å². The molecule has 2 N–H and O–H groups in total. The molecule has 1 heterocycles. The smallest absolute Gasteiger partial charge is 0.00200 e. The van der Waals surface area contributed by atoms with Gasteiger partial charge < -0.3 is 10.6 Å². The van der Waals surface area contributed by atoms with Gasteiger partial charge in [-0.2, -0.15) is 0 Å². The first kappa shape index (κ1) is 11.0. The minimum atomic E-state index is 0.785. The van der Waals surface area contributed by atoms with Gasteiger partial charge >= 0.3 is 0 Å². The van der Waals surface area contributed by atoms with Crippen LogP contribution in [0.3, 0.4) is 0 Å². The maximum atomic E-state index is 3.49. The molecule has 0 spiro atoms. The Hall–Kier alpha value is -0.0800. The molecule has 2 nitrogen and oxygen atoms in total. The van der Waals surface area contributed by atoms with E-state index in [4.69, 9.17) is 0 Å². The molecule has 1 fully saturated rings. The molecule has 1 aliphatic heterocycles. The Kier molecular flexibility index (Phi) is 5.40. The highest BCUT2D eigenvalue weighted by Gasteiger charge is 2.12. The van der Waals surface area contributed by atoms with E-state index >= 15 is 0 Å². The van der Waals surface area contributed by atoms with Crippen LogP contribution in [0.1, 0.15) is 33.1 Å². The van der Waals surface area contributed by atoms with E-state index < -0.39 is 0 Å². The van der Waals surface area contributed by atoms with Gasteiger partial charge in [-0.3, -0.25) is 0 Å². The molecule has 78 valence electrons. The summed E-state index contributed by atoms with van der Waals surface area (Å²) in [5, 5.41) is 6.90. The third-order valence-electron chi connectivity index (χ3n) is 2.68. The minimum absolute atomic E-state index is 0.785. The Morgan fingerprint density at radius 2 is 2.31 bits per heavy atom. The Balaban J connectivity index is 1.83. The molecule has 0 amide bonds. The largest absolute Gasteiger partial charge is 0.316 e. The standard InChI is InChI=1S/C11H24N2/c1-10(2)8-12-6-3-4-11-5-7-13-9-11/h10-13H,3-9H2,1-2H3. The summed E-state index contributed by atoms with van der Waals surface area (Å²) in [5.41, 5.74) is 0. The van der Waals surface area contributed by atoms with E-state index in [9.17, 15) is 0 Å². The maximum Gasteiger partial charge on any atom is -0.00200 e. The van der Waals surface area contributed by atoms with Crippen LogP contribution in [0, 0.1) is 11.8 Å². The van der Waals surface area contributed by atoms with Crippen molar-refractivity contribution in [2.45, 2.75) is 33.1 Å². The van der Waals surface area contributed by atoms with E-state index in [0.29, 0.717) is 0 Å². The molecular weight excluding hydrogens is 160 g/mol. The predicted octanol–water partition coefficient (Wildman–Crippen LogP) is 1.62. The van der Waals surface area contributed by atoms with Crippen LogP contribution in [0.5, 0.6) is 0 Å². The molecule has 2 heteroatoms. The van der Waals surface area contributed by atoms with E-state index in [0.717, 1.165) is 11.8 Å². The topological polar surface area (TPSA) is 24.1 Å². The molecule has 0 saturated carbocycles. The fourth-order valence-electron chi connectivity index (χ4n) is 1.87. The summed E-state index contributed by atoms with van der Waals surface area (Å²) in [4.78, 5) is 0. The Morgan fingerprint density at radius 3 is 2.92 bits per heavy atom. The highest BCUT2D eigenvalue weighted by atomic mass is 14.9. The first-order chi connectivity index (χ1) is 6.29. The van der Waals surface area contributed by atoms with Gasteiger partial charge in [0.25, 0.3) is 0 Å². The lowest BCUT2D eigenvalue weighted by Gasteiger charge is -2.09. The first-order valence-electron chi connectivity index (χ1n) is 5.70. The van der Waals surface area contributed by atoms with Gasteiger partial charge in [-0.1, -0.05) is 13.8 Å². The molecule has 0 aromatic heterocycles. The second-order valence-electron chi connectivity index (χ2n) is 4.60. The van der Waals surface area contributed by atoms with Gasteiger partial charge in [-0.05, 0) is 57.3 Å². The van der Waals surface area contributed by atoms with E-state index in [-0.39, 0.29) is 0 Å². The van der Waals surface area contributed by atoms with Crippen LogP contribution >= 0.6 is 0 Å². The fraction of sp³-hybridized carbons (Fsp3) is 1.00. The van der Waals surface area contributed by atoms with Crippen molar-refractivity contribution in [3.8, 4) is 0 Å². The van der Waals surface area contributed by atoms with Crippen molar-refractivity contribution in [2.24, 2.45) is 11.8 Å². The highest BCUT2D eigenvalue weighted by Crippen LogP contribution is 2.13. The average molecular weight is 184 g/mol. The average Bonchev–Trinajstić information content (AvgIpc) is 2.55. The molecule has 0 aromatic rings. The predicted molar refractivity (Wildman–Crippen MR) is 57.9 cm³/mol. The van der Waals surface area contributed by atoms with Crippen molar-refractivity contribution in [1.29, 1.82) is 0 Å². The van der Waals surface area contributed by atoms with E-state index in [1.807, 2.05) is 0 Å². The second kappa shape index (κ2) is 6.39. The molecular formula is C11H24N2. The van der Waals surface area contributed by atoms with Crippen LogP contribution in [-0.2, 0) is 0 Å². The number of rotatable bonds is 6. The third kappa shape index (κ3) is 5.27. The lowest BCUT2D eigenvalue weighted by molar-refractivity contribution is 0.476. The number of hydrogen-bond donors (Lipinski definition) is 2. The summed E-state index contributed by atoms with van der Waals surface area (Å²) >= 11 is 0. The molecule has 1 unspecified atom stereocenters. The van der Waals surface area contributed by atoms with Gasteiger partial charge in [0, 0.05) is 0 Å². The zero-order valence-electron chi connectivity index (χ0n) is 9.10. The zero-order chi connectivity index (χ0) is 9.52. The summed E-state index contributed by atoms with van der Waals surface area (Å²) < 4.78 is 0. The number of nitrogens with one attached hydrogen (secondary N) is 2. The van der Waals surface area contributed by atoms with Crippen LogP contribution in [0.25, 0.3) is 0 Å². The first-order valence-corrected chi connectivity index (χ1v) is 5.70. The summed E-state index contributed by atoms with van der Waals surface area (Å²) in [6, 6.07) is 0. The normalized spacial score (nSPS) is 22.8. The summed E-state index contributed by atoms with van der Waals surface area (Å²) in [6.07, 6.45) is 4.14. The van der Waals surface area contributed by atoms with E-state index in [1.165, 1.54) is 45.4 Å². The van der Waals surface area contributed by atoms with Crippen molar-refractivity contribution in [3.63, 3.8) is 0 Å². The van der Waals surface area contributed by atoms with Crippen LogP contribution in [0.2, 0.25) is 0 Å². The van der Waals surface area contributed by atoms with E-state index in [2.05, 4.69) is 24.5 Å². The van der Waals surface area contributed by atoms with Gasteiger partial charge in [0.1, 0.15) is 0 Å². The fourth-order valence-corrected chi connectivity index (χ4v) is 1.87. The van der Waals surface area contributed by atoms with Gasteiger partial charge in [-0.25, -0.2) is 0 Å². The molecule has 1 rings (SSSR count). The number of hydrogen-bond acceptors (Lipinski definition) is 2. The Labute approximate surface area is 82.5 Å². The molecule has 0 aliphatic carbocycles. The Bertz CT molecular complexity index is 117. The lowest BCUT2D eigenvalue weighted by atomic mass is 10.0. The van der Waals surface area contributed by atoms with Crippen LogP contribution in [0.4, 0.5) is 0 Å². The van der Waals surface area contributed by atoms with Crippen molar-refractivity contribution < 1.29 is 0 Å². The lowest BCUT2D eigenvalue weighted by Crippen LogP contribution is -2.21. The minimum Gasteiger partial charge on any atom is -0.316 e. The monoisotopic (exact) mass is 184 g/mol. The molecule has 1 saturated heterocycles. The molecule has 0 aromatic carbocycles. The van der Waals surface area contributed by atoms with Crippen LogP contribution in [0.15, 0.2) is 0 Å². The van der Waals surface area contributed by atoms with Crippen molar-refractivity contribution >= 4 is 0 Å². The van der Waals surface area contributed by atoms with Crippen LogP contribution < -0.4 is 10.6 Å². The molecule has 0 bridgehead atoms. The van der Waals surface area contributed by atoms with Gasteiger partial charge in [0.15, 0.2) is 0 Å². The van der Waals surface area contributed by atoms with Crippen molar-refractivity contribution in [3.05, 3.63) is 0 Å². The van der Waals surface area contributed by atoms with Crippen LogP contribution in [-0.4, -0.2) is 26.2 Å². The van der Waals surface area contributed by atoms with Gasteiger partial charge in [0.05, 0.1) is 0 Å². The molecule has 1 aliphatic rings. The van der Waals surface area contributed by atoms with Gasteiger partial charge in [-0.15, -0.1) is 0 Å². The molecule has 0 radical (unpaired) electrons. The maximum absolute atomic E-state index is 3.49. The Morgan fingerprint density at radius 1 is 1.46 bits per heavy atom. The summed E-state index contributed by atoms with van der Waals surface area (Å²) in [7, 11) is 0.